The van der Waals surface area contributed by atoms with E-state index in [4.69, 9.17) is 4.74 Å². The topological polar surface area (TPSA) is 38.3 Å². The predicted octanol–water partition coefficient (Wildman–Crippen LogP) is 5.74. The molecule has 0 unspecified atom stereocenters. The molecule has 0 saturated heterocycles. The molecule has 0 atom stereocenters. The number of nitrogens with one attached hydrogen (secondary N) is 1. The molecule has 0 saturated carbocycles. The quantitative estimate of drug-likeness (QED) is 0.616. The van der Waals surface area contributed by atoms with Gasteiger partial charge in [0.1, 0.15) is 6.61 Å². The van der Waals surface area contributed by atoms with Crippen molar-refractivity contribution in [2.45, 2.75) is 45.4 Å². The first-order chi connectivity index (χ1) is 12.7. The van der Waals surface area contributed by atoms with Gasteiger partial charge >= 0.3 is 6.09 Å². The van der Waals surface area contributed by atoms with E-state index in [1.165, 1.54) is 35.1 Å². The fraction of sp³-hybridized carbons (Fsp3) is 0.435. The van der Waals surface area contributed by atoms with Crippen LogP contribution in [0.25, 0.3) is 11.1 Å². The lowest BCUT2D eigenvalue weighted by molar-refractivity contribution is 0.143. The number of benzene rings is 2. The molecule has 0 spiro atoms. The zero-order chi connectivity index (χ0) is 18.4. The molecule has 2 aromatic rings. The first-order valence-electron chi connectivity index (χ1n) is 9.75. The van der Waals surface area contributed by atoms with Crippen molar-refractivity contribution in [3.63, 3.8) is 0 Å². The highest BCUT2D eigenvalue weighted by Gasteiger charge is 2.28. The van der Waals surface area contributed by atoms with Crippen LogP contribution in [0.2, 0.25) is 0 Å². The lowest BCUT2D eigenvalue weighted by Gasteiger charge is -2.14. The summed E-state index contributed by atoms with van der Waals surface area (Å²) < 4.78 is 5.53. The number of rotatable bonds is 8. The van der Waals surface area contributed by atoms with E-state index in [1.807, 2.05) is 0 Å². The first-order valence-corrected chi connectivity index (χ1v) is 9.75. The van der Waals surface area contributed by atoms with Crippen LogP contribution in [-0.4, -0.2) is 19.2 Å². The monoisotopic (exact) mass is 351 g/mol. The van der Waals surface area contributed by atoms with Gasteiger partial charge < -0.3 is 10.1 Å². The highest BCUT2D eigenvalue weighted by molar-refractivity contribution is 5.79. The number of carbonyl (C=O) groups is 1. The van der Waals surface area contributed by atoms with E-state index >= 15 is 0 Å². The van der Waals surface area contributed by atoms with Crippen LogP contribution in [-0.2, 0) is 4.74 Å². The van der Waals surface area contributed by atoms with Crippen LogP contribution in [0.4, 0.5) is 4.79 Å². The Labute approximate surface area is 156 Å². The molecule has 2 aromatic carbocycles. The summed E-state index contributed by atoms with van der Waals surface area (Å²) in [6.45, 7) is 5.56. The third-order valence-corrected chi connectivity index (χ3v) is 5.07. The summed E-state index contributed by atoms with van der Waals surface area (Å²) in [5, 5.41) is 2.88. The maximum absolute atomic E-state index is 12.0. The van der Waals surface area contributed by atoms with Crippen LogP contribution in [0.3, 0.4) is 0 Å². The molecule has 0 radical (unpaired) electrons. The lowest BCUT2D eigenvalue weighted by Crippen LogP contribution is -2.27. The van der Waals surface area contributed by atoms with Crippen LogP contribution in [0.5, 0.6) is 0 Å². The molecule has 1 aliphatic carbocycles. The van der Waals surface area contributed by atoms with Gasteiger partial charge in [0.05, 0.1) is 0 Å². The Bertz CT molecular complexity index is 693. The summed E-state index contributed by atoms with van der Waals surface area (Å²) in [6.07, 6.45) is 4.34. The second kappa shape index (κ2) is 8.88. The summed E-state index contributed by atoms with van der Waals surface area (Å²) in [5.74, 6) is 0.879. The minimum absolute atomic E-state index is 0.124. The second-order valence-electron chi connectivity index (χ2n) is 7.50. The van der Waals surface area contributed by atoms with E-state index in [1.54, 1.807) is 0 Å². The number of hydrogen-bond donors (Lipinski definition) is 1. The summed E-state index contributed by atoms with van der Waals surface area (Å²) in [4.78, 5) is 12.0. The van der Waals surface area contributed by atoms with Crippen molar-refractivity contribution >= 4 is 6.09 Å². The zero-order valence-electron chi connectivity index (χ0n) is 15.8. The molecule has 0 fully saturated rings. The summed E-state index contributed by atoms with van der Waals surface area (Å²) in [5.41, 5.74) is 5.00. The van der Waals surface area contributed by atoms with Gasteiger partial charge in [-0.3, -0.25) is 0 Å². The normalized spacial score (nSPS) is 12.7. The van der Waals surface area contributed by atoms with Crippen LogP contribution in [0.15, 0.2) is 48.5 Å². The smallest absolute Gasteiger partial charge is 0.407 e. The van der Waals surface area contributed by atoms with Gasteiger partial charge in [0.25, 0.3) is 0 Å². The third-order valence-electron chi connectivity index (χ3n) is 5.07. The largest absolute Gasteiger partial charge is 0.449 e. The van der Waals surface area contributed by atoms with E-state index in [-0.39, 0.29) is 12.0 Å². The van der Waals surface area contributed by atoms with E-state index in [0.29, 0.717) is 13.2 Å². The standard InChI is InChI=1S/C23H29NO2/c1-17(2)10-4-3-9-15-24-23(25)26-16-22-20-13-7-5-11-18(20)19-12-6-8-14-21(19)22/h5-8,11-14,17,22H,3-4,9-10,15-16H2,1-2H3,(H,24,25). The van der Waals surface area contributed by atoms with Crippen LogP contribution in [0.1, 0.15) is 56.6 Å². The SMILES string of the molecule is CC(C)CCCCCNC(=O)OCC1c2ccccc2-c2ccccc21. The van der Waals surface area contributed by atoms with Gasteiger partial charge in [0.2, 0.25) is 0 Å². The molecule has 1 N–H and O–H groups in total. The Kier molecular flexibility index (Phi) is 6.32. The van der Waals surface area contributed by atoms with Gasteiger partial charge in [-0.2, -0.15) is 0 Å². The third kappa shape index (κ3) is 4.46. The fourth-order valence-corrected chi connectivity index (χ4v) is 3.69. The van der Waals surface area contributed by atoms with Crippen molar-refractivity contribution in [2.24, 2.45) is 5.92 Å². The molecule has 0 aliphatic heterocycles. The number of fused-ring (bicyclic) bond motifs is 3. The molecule has 3 rings (SSSR count). The molecule has 0 bridgehead atoms. The Morgan fingerprint density at radius 3 is 2.19 bits per heavy atom. The minimum Gasteiger partial charge on any atom is -0.449 e. The van der Waals surface area contributed by atoms with Crippen molar-refractivity contribution in [1.29, 1.82) is 0 Å². The van der Waals surface area contributed by atoms with Crippen molar-refractivity contribution in [3.05, 3.63) is 59.7 Å². The van der Waals surface area contributed by atoms with Crippen molar-refractivity contribution < 1.29 is 9.53 Å². The molecule has 1 aliphatic rings. The van der Waals surface area contributed by atoms with Gasteiger partial charge in [-0.05, 0) is 34.6 Å². The number of alkyl carbamates (subject to hydrolysis) is 1. The van der Waals surface area contributed by atoms with Crippen LogP contribution >= 0.6 is 0 Å². The van der Waals surface area contributed by atoms with Gasteiger partial charge in [-0.1, -0.05) is 81.6 Å². The first kappa shape index (κ1) is 18.5. The van der Waals surface area contributed by atoms with Gasteiger partial charge in [-0.25, -0.2) is 4.79 Å². The minimum atomic E-state index is -0.310. The zero-order valence-corrected chi connectivity index (χ0v) is 15.8. The van der Waals surface area contributed by atoms with Crippen molar-refractivity contribution in [2.75, 3.05) is 13.2 Å². The highest BCUT2D eigenvalue weighted by Crippen LogP contribution is 2.44. The highest BCUT2D eigenvalue weighted by atomic mass is 16.5. The molecule has 26 heavy (non-hydrogen) atoms. The Hall–Kier alpha value is -2.29. The number of amides is 1. The summed E-state index contributed by atoms with van der Waals surface area (Å²) in [6, 6.07) is 16.8. The molecular formula is C23H29NO2. The molecule has 3 heteroatoms. The van der Waals surface area contributed by atoms with Gasteiger partial charge in [0.15, 0.2) is 0 Å². The number of carbonyl (C=O) groups excluding carboxylic acids is 1. The Morgan fingerprint density at radius 2 is 1.58 bits per heavy atom. The Balaban J connectivity index is 1.48. The summed E-state index contributed by atoms with van der Waals surface area (Å²) >= 11 is 0. The van der Waals surface area contributed by atoms with Crippen molar-refractivity contribution in [1.82, 2.24) is 5.32 Å². The van der Waals surface area contributed by atoms with Crippen molar-refractivity contribution in [3.8, 4) is 11.1 Å². The lowest BCUT2D eigenvalue weighted by atomic mass is 9.98. The average molecular weight is 351 g/mol. The maximum Gasteiger partial charge on any atom is 0.407 e. The molecule has 1 amide bonds. The molecule has 138 valence electrons. The van der Waals surface area contributed by atoms with E-state index in [9.17, 15) is 4.79 Å². The number of hydrogen-bond acceptors (Lipinski definition) is 2. The van der Waals surface area contributed by atoms with E-state index in [0.717, 1.165) is 18.8 Å². The van der Waals surface area contributed by atoms with Crippen LogP contribution in [0, 0.1) is 5.92 Å². The number of unbranched alkanes of at least 4 members (excludes halogenated alkanes) is 2. The molecular weight excluding hydrogens is 322 g/mol. The predicted molar refractivity (Wildman–Crippen MR) is 106 cm³/mol. The second-order valence-corrected chi connectivity index (χ2v) is 7.50. The summed E-state index contributed by atoms with van der Waals surface area (Å²) in [7, 11) is 0. The average Bonchev–Trinajstić information content (AvgIpc) is 2.96. The Morgan fingerprint density at radius 1 is 0.962 bits per heavy atom. The van der Waals surface area contributed by atoms with Gasteiger partial charge in [0, 0.05) is 12.5 Å². The maximum atomic E-state index is 12.0. The fourth-order valence-electron chi connectivity index (χ4n) is 3.69. The van der Waals surface area contributed by atoms with Crippen LogP contribution < -0.4 is 5.32 Å². The molecule has 3 nitrogen and oxygen atoms in total. The van der Waals surface area contributed by atoms with E-state index in [2.05, 4.69) is 67.7 Å². The van der Waals surface area contributed by atoms with E-state index < -0.39 is 0 Å². The molecule has 0 heterocycles. The number of ether oxygens (including phenoxy) is 1. The molecule has 0 aromatic heterocycles. The van der Waals surface area contributed by atoms with Gasteiger partial charge in [-0.15, -0.1) is 0 Å².